The van der Waals surface area contributed by atoms with Crippen LogP contribution in [-0.4, -0.2) is 46.5 Å². The van der Waals surface area contributed by atoms with Gasteiger partial charge in [-0.1, -0.05) is 32.1 Å². The van der Waals surface area contributed by atoms with Crippen molar-refractivity contribution in [1.82, 2.24) is 9.47 Å². The number of hydrogen-bond donors (Lipinski definition) is 1. The van der Waals surface area contributed by atoms with Crippen molar-refractivity contribution in [1.29, 1.82) is 0 Å². The number of nitrogens with zero attached hydrogens (tertiary/aromatic N) is 2. The number of halogens is 1. The van der Waals surface area contributed by atoms with E-state index in [9.17, 15) is 9.50 Å². The smallest absolute Gasteiger partial charge is 0.123 e. The first-order chi connectivity index (χ1) is 13.4. The van der Waals surface area contributed by atoms with E-state index >= 15 is 0 Å². The standard InChI is InChI=1S/C23H33FN2O2/c1-5-13-28-17-23(27)16-26(19(4)18(2)3)15-22-7-6-12-25(22)14-20-8-10-21(24)11-9-20/h5-12,18-19,23,27H,1,13-17H2,2-4H3. The lowest BCUT2D eigenvalue weighted by Crippen LogP contribution is -2.42. The Morgan fingerprint density at radius 1 is 1.21 bits per heavy atom. The number of benzene rings is 1. The largest absolute Gasteiger partial charge is 0.389 e. The highest BCUT2D eigenvalue weighted by Crippen LogP contribution is 2.17. The lowest BCUT2D eigenvalue weighted by molar-refractivity contribution is 0.0103. The number of rotatable bonds is 12. The molecule has 0 fully saturated rings. The Morgan fingerprint density at radius 2 is 1.93 bits per heavy atom. The van der Waals surface area contributed by atoms with Crippen molar-refractivity contribution in [3.63, 3.8) is 0 Å². The zero-order valence-corrected chi connectivity index (χ0v) is 17.2. The number of aliphatic hydroxyl groups excluding tert-OH is 1. The van der Waals surface area contributed by atoms with Crippen LogP contribution in [0.5, 0.6) is 0 Å². The summed E-state index contributed by atoms with van der Waals surface area (Å²) in [4.78, 5) is 2.29. The first-order valence-corrected chi connectivity index (χ1v) is 9.90. The molecule has 2 atom stereocenters. The minimum atomic E-state index is -0.554. The number of aromatic nitrogens is 1. The third kappa shape index (κ3) is 6.89. The lowest BCUT2D eigenvalue weighted by atomic mass is 10.0. The second-order valence-electron chi connectivity index (χ2n) is 7.65. The van der Waals surface area contributed by atoms with Crippen molar-refractivity contribution >= 4 is 0 Å². The Bertz CT molecular complexity index is 712. The molecule has 1 N–H and O–H groups in total. The number of ether oxygens (including phenoxy) is 1. The molecule has 1 aromatic carbocycles. The normalized spacial score (nSPS) is 13.8. The Hall–Kier alpha value is -1.95. The van der Waals surface area contributed by atoms with Crippen molar-refractivity contribution in [3.05, 3.63) is 72.3 Å². The fraction of sp³-hybridized carbons (Fsp3) is 0.478. The summed E-state index contributed by atoms with van der Waals surface area (Å²) in [5, 5.41) is 10.4. The van der Waals surface area contributed by atoms with Gasteiger partial charge in [-0.15, -0.1) is 6.58 Å². The molecule has 0 aliphatic carbocycles. The van der Waals surface area contributed by atoms with Crippen molar-refractivity contribution in [3.8, 4) is 0 Å². The zero-order valence-electron chi connectivity index (χ0n) is 17.2. The topological polar surface area (TPSA) is 37.6 Å². The van der Waals surface area contributed by atoms with Crippen LogP contribution in [0.2, 0.25) is 0 Å². The molecular weight excluding hydrogens is 355 g/mol. The third-order valence-electron chi connectivity index (χ3n) is 5.09. The van der Waals surface area contributed by atoms with Crippen LogP contribution >= 0.6 is 0 Å². The molecular formula is C23H33FN2O2. The Morgan fingerprint density at radius 3 is 2.57 bits per heavy atom. The maximum Gasteiger partial charge on any atom is 0.123 e. The first-order valence-electron chi connectivity index (χ1n) is 9.90. The molecule has 0 spiro atoms. The average Bonchev–Trinajstić information content (AvgIpc) is 3.09. The molecule has 28 heavy (non-hydrogen) atoms. The summed E-state index contributed by atoms with van der Waals surface area (Å²) in [6, 6.07) is 11.0. The van der Waals surface area contributed by atoms with Crippen molar-refractivity contribution in [2.75, 3.05) is 19.8 Å². The number of hydrogen-bond acceptors (Lipinski definition) is 3. The maximum absolute atomic E-state index is 13.2. The molecule has 1 aromatic heterocycles. The van der Waals surface area contributed by atoms with Gasteiger partial charge in [0.05, 0.1) is 19.3 Å². The van der Waals surface area contributed by atoms with Crippen LogP contribution in [0, 0.1) is 11.7 Å². The molecule has 1 heterocycles. The van der Waals surface area contributed by atoms with E-state index < -0.39 is 6.10 Å². The van der Waals surface area contributed by atoms with Crippen LogP contribution in [-0.2, 0) is 17.8 Å². The molecule has 2 rings (SSSR count). The molecule has 5 heteroatoms. The van der Waals surface area contributed by atoms with E-state index in [0.717, 1.165) is 17.8 Å². The quantitative estimate of drug-likeness (QED) is 0.440. The lowest BCUT2D eigenvalue weighted by Gasteiger charge is -2.33. The van der Waals surface area contributed by atoms with E-state index in [1.807, 2.05) is 24.4 Å². The van der Waals surface area contributed by atoms with Gasteiger partial charge in [-0.3, -0.25) is 4.90 Å². The van der Waals surface area contributed by atoms with Gasteiger partial charge in [0.1, 0.15) is 5.82 Å². The highest BCUT2D eigenvalue weighted by molar-refractivity contribution is 5.18. The molecule has 2 aromatic rings. The fourth-order valence-electron chi connectivity index (χ4n) is 3.15. The van der Waals surface area contributed by atoms with E-state index in [2.05, 4.69) is 42.9 Å². The van der Waals surface area contributed by atoms with E-state index in [4.69, 9.17) is 4.74 Å². The summed E-state index contributed by atoms with van der Waals surface area (Å²) < 4.78 is 20.7. The summed E-state index contributed by atoms with van der Waals surface area (Å²) in [5.74, 6) is 0.239. The Kier molecular flexibility index (Phi) is 8.90. The van der Waals surface area contributed by atoms with Crippen LogP contribution in [0.4, 0.5) is 4.39 Å². The summed E-state index contributed by atoms with van der Waals surface area (Å²) in [5.41, 5.74) is 2.22. The second-order valence-corrected chi connectivity index (χ2v) is 7.65. The van der Waals surface area contributed by atoms with Gasteiger partial charge in [-0.2, -0.15) is 0 Å². The predicted molar refractivity (Wildman–Crippen MR) is 112 cm³/mol. The Labute approximate surface area is 168 Å². The SMILES string of the molecule is C=CCOCC(O)CN(Cc1cccn1Cc1ccc(F)cc1)C(C)C(C)C. The van der Waals surface area contributed by atoms with Gasteiger partial charge in [0.15, 0.2) is 0 Å². The van der Waals surface area contributed by atoms with Gasteiger partial charge >= 0.3 is 0 Å². The van der Waals surface area contributed by atoms with E-state index in [1.165, 1.54) is 12.1 Å². The molecule has 0 aliphatic heterocycles. The van der Waals surface area contributed by atoms with Crippen LogP contribution in [0.1, 0.15) is 32.0 Å². The van der Waals surface area contributed by atoms with Gasteiger partial charge in [-0.25, -0.2) is 4.39 Å². The molecule has 0 saturated heterocycles. The summed E-state index contributed by atoms with van der Waals surface area (Å²) in [7, 11) is 0. The average molecular weight is 389 g/mol. The zero-order chi connectivity index (χ0) is 20.5. The van der Waals surface area contributed by atoms with E-state index in [-0.39, 0.29) is 5.82 Å². The molecule has 0 amide bonds. The molecule has 2 unspecified atom stereocenters. The van der Waals surface area contributed by atoms with Crippen LogP contribution in [0.25, 0.3) is 0 Å². The van der Waals surface area contributed by atoms with E-state index in [1.54, 1.807) is 6.08 Å². The molecule has 4 nitrogen and oxygen atoms in total. The summed E-state index contributed by atoms with van der Waals surface area (Å²) in [6.45, 7) is 12.9. The maximum atomic E-state index is 13.2. The third-order valence-corrected chi connectivity index (χ3v) is 5.09. The highest BCUT2D eigenvalue weighted by atomic mass is 19.1. The van der Waals surface area contributed by atoms with Gasteiger partial charge < -0.3 is 14.4 Å². The Balaban J connectivity index is 2.07. The van der Waals surface area contributed by atoms with Crippen LogP contribution in [0.3, 0.4) is 0 Å². The number of aliphatic hydroxyl groups is 1. The monoisotopic (exact) mass is 388 g/mol. The minimum Gasteiger partial charge on any atom is -0.389 e. The van der Waals surface area contributed by atoms with Gasteiger partial charge in [0.2, 0.25) is 0 Å². The van der Waals surface area contributed by atoms with Crippen molar-refractivity contribution in [2.45, 2.75) is 46.0 Å². The van der Waals surface area contributed by atoms with Crippen LogP contribution in [0.15, 0.2) is 55.3 Å². The molecule has 154 valence electrons. The van der Waals surface area contributed by atoms with Gasteiger partial charge in [0.25, 0.3) is 0 Å². The molecule has 0 saturated carbocycles. The van der Waals surface area contributed by atoms with Gasteiger partial charge in [0, 0.05) is 37.6 Å². The second kappa shape index (κ2) is 11.1. The first kappa shape index (κ1) is 22.3. The molecule has 0 aliphatic rings. The van der Waals surface area contributed by atoms with Crippen molar-refractivity contribution < 1.29 is 14.2 Å². The highest BCUT2D eigenvalue weighted by Gasteiger charge is 2.21. The van der Waals surface area contributed by atoms with Crippen molar-refractivity contribution in [2.24, 2.45) is 5.92 Å². The molecule has 0 bridgehead atoms. The summed E-state index contributed by atoms with van der Waals surface area (Å²) in [6.07, 6.45) is 3.17. The van der Waals surface area contributed by atoms with E-state index in [0.29, 0.717) is 38.3 Å². The fourth-order valence-corrected chi connectivity index (χ4v) is 3.15. The van der Waals surface area contributed by atoms with Crippen LogP contribution < -0.4 is 0 Å². The summed E-state index contributed by atoms with van der Waals surface area (Å²) >= 11 is 0. The van der Waals surface area contributed by atoms with Gasteiger partial charge in [-0.05, 0) is 42.7 Å². The predicted octanol–water partition coefficient (Wildman–Crippen LogP) is 4.09. The molecule has 0 radical (unpaired) electrons. The minimum absolute atomic E-state index is 0.221.